The van der Waals surface area contributed by atoms with Crippen LogP contribution in [-0.2, 0) is 4.79 Å². The number of amides is 1. The minimum Gasteiger partial charge on any atom is -0.483 e. The van der Waals surface area contributed by atoms with Crippen LogP contribution in [0.25, 0.3) is 11.3 Å². The van der Waals surface area contributed by atoms with E-state index in [-0.39, 0.29) is 12.5 Å². The molecule has 5 nitrogen and oxygen atoms in total. The van der Waals surface area contributed by atoms with Crippen LogP contribution in [0.4, 0.5) is 0 Å². The van der Waals surface area contributed by atoms with Gasteiger partial charge in [-0.15, -0.1) is 0 Å². The summed E-state index contributed by atoms with van der Waals surface area (Å²) in [6, 6.07) is 12.4. The average molecular weight is 452 g/mol. The number of ether oxygens (including phenoxy) is 1. The van der Waals surface area contributed by atoms with Gasteiger partial charge in [0.15, 0.2) is 6.61 Å². The van der Waals surface area contributed by atoms with Gasteiger partial charge in [-0.1, -0.05) is 53.0 Å². The fourth-order valence-electron chi connectivity index (χ4n) is 2.64. The number of para-hydroxylation sites is 1. The van der Waals surface area contributed by atoms with E-state index < -0.39 is 0 Å². The number of carbonyl (C=O) groups excluding carboxylic acids is 1. The Morgan fingerprint density at radius 3 is 2.48 bits per heavy atom. The SMILES string of the molecule is Cc1cccc(C)c1OCC(=O)N/N=C\c1ccc(-c2cc(Cl)c(Cl)cc2Cl)o1. The lowest BCUT2D eigenvalue weighted by atomic mass is 10.1. The molecular weight excluding hydrogens is 435 g/mol. The molecule has 3 rings (SSSR count). The molecule has 0 atom stereocenters. The second kappa shape index (κ2) is 9.35. The molecule has 0 fully saturated rings. The van der Waals surface area contributed by atoms with E-state index in [1.54, 1.807) is 24.3 Å². The quantitative estimate of drug-likeness (QED) is 0.282. The number of hydrogen-bond donors (Lipinski definition) is 1. The second-order valence-electron chi connectivity index (χ2n) is 6.25. The van der Waals surface area contributed by atoms with Gasteiger partial charge in [-0.25, -0.2) is 5.43 Å². The van der Waals surface area contributed by atoms with Crippen LogP contribution >= 0.6 is 34.8 Å². The summed E-state index contributed by atoms with van der Waals surface area (Å²) in [7, 11) is 0. The Bertz CT molecular complexity index is 1060. The third-order valence-electron chi connectivity index (χ3n) is 4.04. The molecule has 3 aromatic rings. The van der Waals surface area contributed by atoms with Crippen molar-refractivity contribution in [3.8, 4) is 17.1 Å². The standard InChI is InChI=1S/C21H17Cl3N2O3/c1-12-4-3-5-13(2)21(12)28-11-20(27)26-25-10-14-6-7-19(29-14)15-8-17(23)18(24)9-16(15)22/h3-10H,11H2,1-2H3,(H,26,27)/b25-10-. The fraction of sp³-hybridized carbons (Fsp3) is 0.143. The Morgan fingerprint density at radius 2 is 1.76 bits per heavy atom. The molecule has 1 N–H and O–H groups in total. The highest BCUT2D eigenvalue weighted by Gasteiger charge is 2.12. The van der Waals surface area contributed by atoms with Gasteiger partial charge in [-0.05, 0) is 49.2 Å². The first-order chi connectivity index (χ1) is 13.8. The summed E-state index contributed by atoms with van der Waals surface area (Å²) in [6.07, 6.45) is 1.38. The monoisotopic (exact) mass is 450 g/mol. The van der Waals surface area contributed by atoms with Crippen LogP contribution in [0.5, 0.6) is 5.75 Å². The zero-order valence-corrected chi connectivity index (χ0v) is 17.9. The Morgan fingerprint density at radius 1 is 1.07 bits per heavy atom. The summed E-state index contributed by atoms with van der Waals surface area (Å²) in [5.41, 5.74) is 4.93. The number of hydrazone groups is 1. The van der Waals surface area contributed by atoms with Gasteiger partial charge in [0.05, 0.1) is 21.3 Å². The maximum Gasteiger partial charge on any atom is 0.277 e. The first-order valence-corrected chi connectivity index (χ1v) is 9.74. The van der Waals surface area contributed by atoms with Crippen LogP contribution in [0, 0.1) is 13.8 Å². The Balaban J connectivity index is 1.59. The molecule has 8 heteroatoms. The van der Waals surface area contributed by atoms with Crippen molar-refractivity contribution in [1.82, 2.24) is 5.43 Å². The number of furan rings is 1. The Kier molecular flexibility index (Phi) is 6.85. The topological polar surface area (TPSA) is 63.8 Å². The number of nitrogens with zero attached hydrogens (tertiary/aromatic N) is 1. The van der Waals surface area contributed by atoms with Gasteiger partial charge in [0.2, 0.25) is 0 Å². The predicted molar refractivity (Wildman–Crippen MR) is 116 cm³/mol. The first kappa shape index (κ1) is 21.2. The molecule has 1 heterocycles. The van der Waals surface area contributed by atoms with Crippen molar-refractivity contribution in [3.63, 3.8) is 0 Å². The number of carbonyl (C=O) groups is 1. The molecule has 1 aromatic heterocycles. The molecule has 2 aromatic carbocycles. The third-order valence-corrected chi connectivity index (χ3v) is 5.07. The third kappa shape index (κ3) is 5.32. The van der Waals surface area contributed by atoms with E-state index in [9.17, 15) is 4.79 Å². The molecule has 0 aliphatic carbocycles. The zero-order chi connectivity index (χ0) is 21.0. The summed E-state index contributed by atoms with van der Waals surface area (Å²) >= 11 is 18.2. The zero-order valence-electron chi connectivity index (χ0n) is 15.6. The van der Waals surface area contributed by atoms with Gasteiger partial charge in [0.1, 0.15) is 17.3 Å². The molecule has 0 radical (unpaired) electrons. The molecule has 0 saturated heterocycles. The highest BCUT2D eigenvalue weighted by molar-refractivity contribution is 6.44. The average Bonchev–Trinajstić information content (AvgIpc) is 3.13. The van der Waals surface area contributed by atoms with Crippen molar-refractivity contribution in [2.24, 2.45) is 5.10 Å². The van der Waals surface area contributed by atoms with E-state index in [1.807, 2.05) is 32.0 Å². The molecule has 0 spiro atoms. The van der Waals surface area contributed by atoms with Crippen molar-refractivity contribution in [1.29, 1.82) is 0 Å². The van der Waals surface area contributed by atoms with Crippen LogP contribution in [0.3, 0.4) is 0 Å². The Hall–Kier alpha value is -2.47. The first-order valence-electron chi connectivity index (χ1n) is 8.61. The number of halogens is 3. The van der Waals surface area contributed by atoms with E-state index in [1.165, 1.54) is 6.21 Å². The molecule has 0 aliphatic heterocycles. The van der Waals surface area contributed by atoms with Crippen LogP contribution in [0.1, 0.15) is 16.9 Å². The van der Waals surface area contributed by atoms with E-state index in [4.69, 9.17) is 44.0 Å². The number of rotatable bonds is 6. The van der Waals surface area contributed by atoms with E-state index >= 15 is 0 Å². The van der Waals surface area contributed by atoms with Crippen LogP contribution in [-0.4, -0.2) is 18.7 Å². The van der Waals surface area contributed by atoms with Crippen LogP contribution < -0.4 is 10.2 Å². The largest absolute Gasteiger partial charge is 0.483 e. The number of aryl methyl sites for hydroxylation is 2. The highest BCUT2D eigenvalue weighted by Crippen LogP contribution is 2.35. The number of nitrogens with one attached hydrogen (secondary N) is 1. The summed E-state index contributed by atoms with van der Waals surface area (Å²) in [5, 5.41) is 5.02. The minimum atomic E-state index is -0.386. The van der Waals surface area contributed by atoms with E-state index in [0.717, 1.165) is 11.1 Å². The van der Waals surface area contributed by atoms with Crippen molar-refractivity contribution in [2.45, 2.75) is 13.8 Å². The van der Waals surface area contributed by atoms with Crippen LogP contribution in [0.15, 0.2) is 52.0 Å². The molecule has 150 valence electrons. The summed E-state index contributed by atoms with van der Waals surface area (Å²) in [4.78, 5) is 11.9. The van der Waals surface area contributed by atoms with Crippen molar-refractivity contribution in [3.05, 3.63) is 74.4 Å². The summed E-state index contributed by atoms with van der Waals surface area (Å²) in [5.74, 6) is 1.24. The molecule has 0 unspecified atom stereocenters. The lowest BCUT2D eigenvalue weighted by Crippen LogP contribution is -2.24. The maximum atomic E-state index is 11.9. The number of benzene rings is 2. The Labute approximate surface area is 183 Å². The maximum absolute atomic E-state index is 11.9. The van der Waals surface area contributed by atoms with E-state index in [2.05, 4.69) is 10.5 Å². The van der Waals surface area contributed by atoms with Gasteiger partial charge < -0.3 is 9.15 Å². The van der Waals surface area contributed by atoms with Gasteiger partial charge in [-0.2, -0.15) is 5.10 Å². The minimum absolute atomic E-state index is 0.148. The number of hydrogen-bond acceptors (Lipinski definition) is 4. The second-order valence-corrected chi connectivity index (χ2v) is 7.47. The fourth-order valence-corrected chi connectivity index (χ4v) is 3.28. The van der Waals surface area contributed by atoms with E-state index in [0.29, 0.717) is 37.9 Å². The molecular formula is C21H17Cl3N2O3. The molecule has 1 amide bonds. The lowest BCUT2D eigenvalue weighted by Gasteiger charge is -2.10. The van der Waals surface area contributed by atoms with Crippen molar-refractivity contribution < 1.29 is 13.9 Å². The van der Waals surface area contributed by atoms with Crippen LogP contribution in [0.2, 0.25) is 15.1 Å². The molecule has 29 heavy (non-hydrogen) atoms. The van der Waals surface area contributed by atoms with Gasteiger partial charge in [0.25, 0.3) is 5.91 Å². The molecule has 0 bridgehead atoms. The molecule has 0 saturated carbocycles. The van der Waals surface area contributed by atoms with Crippen molar-refractivity contribution >= 4 is 46.9 Å². The summed E-state index contributed by atoms with van der Waals surface area (Å²) in [6.45, 7) is 3.70. The molecule has 0 aliphatic rings. The van der Waals surface area contributed by atoms with Crippen molar-refractivity contribution in [2.75, 3.05) is 6.61 Å². The predicted octanol–water partition coefficient (Wildman–Crippen LogP) is 6.05. The van der Waals surface area contributed by atoms with Gasteiger partial charge in [0, 0.05) is 5.56 Å². The highest BCUT2D eigenvalue weighted by atomic mass is 35.5. The van der Waals surface area contributed by atoms with Gasteiger partial charge >= 0.3 is 0 Å². The smallest absolute Gasteiger partial charge is 0.277 e. The summed E-state index contributed by atoms with van der Waals surface area (Å²) < 4.78 is 11.3. The normalized spacial score (nSPS) is 11.1. The lowest BCUT2D eigenvalue weighted by molar-refractivity contribution is -0.123. The van der Waals surface area contributed by atoms with Gasteiger partial charge in [-0.3, -0.25) is 4.79 Å².